The van der Waals surface area contributed by atoms with Crippen molar-refractivity contribution in [3.05, 3.63) is 28.8 Å². The molecular weight excluding hydrogens is 178 g/mol. The summed E-state index contributed by atoms with van der Waals surface area (Å²) in [5, 5.41) is 0.524. The summed E-state index contributed by atoms with van der Waals surface area (Å²) < 4.78 is 0. The van der Waals surface area contributed by atoms with Crippen LogP contribution in [-0.4, -0.2) is 5.25 Å². The molecule has 2 rings (SSSR count). The lowest BCUT2D eigenvalue weighted by molar-refractivity contribution is 0.723. The molecule has 0 amide bonds. The Kier molecular flexibility index (Phi) is 2.12. The molecule has 0 saturated heterocycles. The summed E-state index contributed by atoms with van der Waals surface area (Å²) in [6.45, 7) is 6.50. The van der Waals surface area contributed by atoms with Crippen molar-refractivity contribution in [3.8, 4) is 0 Å². The molecule has 2 atom stereocenters. The maximum Gasteiger partial charge on any atom is 0.0427 e. The molecule has 0 radical (unpaired) electrons. The molecule has 2 heteroatoms. The lowest BCUT2D eigenvalue weighted by atomic mass is 10.0. The van der Waals surface area contributed by atoms with Gasteiger partial charge in [0.15, 0.2) is 0 Å². The summed E-state index contributed by atoms with van der Waals surface area (Å²) in [4.78, 5) is 1.38. The summed E-state index contributed by atoms with van der Waals surface area (Å²) in [6, 6.07) is 4.73. The minimum Gasteiger partial charge on any atom is -0.323 e. The van der Waals surface area contributed by atoms with Gasteiger partial charge < -0.3 is 5.73 Å². The number of nitrogens with two attached hydrogens (primary N) is 1. The topological polar surface area (TPSA) is 26.0 Å². The molecule has 0 spiro atoms. The van der Waals surface area contributed by atoms with Crippen LogP contribution in [-0.2, 0) is 0 Å². The lowest BCUT2D eigenvalue weighted by Gasteiger charge is -2.09. The highest BCUT2D eigenvalue weighted by atomic mass is 32.2. The molecule has 1 aliphatic rings. The van der Waals surface area contributed by atoms with Gasteiger partial charge in [0.05, 0.1) is 0 Å². The molecule has 2 N–H and O–H groups in total. The predicted molar refractivity (Wildman–Crippen MR) is 58.2 cm³/mol. The Bertz CT molecular complexity index is 346. The monoisotopic (exact) mass is 193 g/mol. The first kappa shape index (κ1) is 9.10. The second kappa shape index (κ2) is 3.03. The highest BCUT2D eigenvalue weighted by molar-refractivity contribution is 8.00. The van der Waals surface area contributed by atoms with Gasteiger partial charge in [0.1, 0.15) is 0 Å². The van der Waals surface area contributed by atoms with E-state index >= 15 is 0 Å². The third kappa shape index (κ3) is 1.38. The van der Waals surface area contributed by atoms with Gasteiger partial charge in [-0.05, 0) is 36.6 Å². The molecule has 1 nitrogen and oxygen atoms in total. The highest BCUT2D eigenvalue weighted by Crippen LogP contribution is 2.43. The van der Waals surface area contributed by atoms with E-state index in [9.17, 15) is 0 Å². The van der Waals surface area contributed by atoms with Gasteiger partial charge in [0.25, 0.3) is 0 Å². The van der Waals surface area contributed by atoms with E-state index in [4.69, 9.17) is 5.73 Å². The van der Waals surface area contributed by atoms with Crippen LogP contribution in [0.25, 0.3) is 0 Å². The first-order chi connectivity index (χ1) is 6.09. The summed E-state index contributed by atoms with van der Waals surface area (Å²) in [6.07, 6.45) is 0. The number of thioether (sulfide) groups is 1. The number of benzene rings is 1. The summed E-state index contributed by atoms with van der Waals surface area (Å²) in [5.74, 6) is 0. The van der Waals surface area contributed by atoms with Crippen molar-refractivity contribution in [1.82, 2.24) is 0 Å². The van der Waals surface area contributed by atoms with Crippen molar-refractivity contribution >= 4 is 11.8 Å². The second-order valence-electron chi connectivity index (χ2n) is 3.82. The molecule has 1 aromatic carbocycles. The standard InChI is InChI=1S/C11H15NS/c1-6-4-9-10(5-7(6)2)13-8(3)11(9)12/h4-5,8,11H,12H2,1-3H3. The number of hydrogen-bond acceptors (Lipinski definition) is 2. The Morgan fingerprint density at radius 2 is 1.85 bits per heavy atom. The van der Waals surface area contributed by atoms with E-state index in [0.29, 0.717) is 5.25 Å². The fourth-order valence-electron chi connectivity index (χ4n) is 1.70. The molecule has 1 aromatic rings. The fraction of sp³-hybridized carbons (Fsp3) is 0.455. The maximum atomic E-state index is 6.09. The molecule has 0 aromatic heterocycles. The number of hydrogen-bond donors (Lipinski definition) is 1. The Hall–Kier alpha value is -0.470. The Balaban J connectivity index is 2.53. The van der Waals surface area contributed by atoms with Gasteiger partial charge in [-0.1, -0.05) is 13.0 Å². The van der Waals surface area contributed by atoms with Gasteiger partial charge in [-0.3, -0.25) is 0 Å². The molecule has 70 valence electrons. The molecule has 0 saturated carbocycles. The average Bonchev–Trinajstić information content (AvgIpc) is 2.32. The van der Waals surface area contributed by atoms with Gasteiger partial charge in [-0.25, -0.2) is 0 Å². The molecule has 13 heavy (non-hydrogen) atoms. The average molecular weight is 193 g/mol. The van der Waals surface area contributed by atoms with Crippen LogP contribution in [0.4, 0.5) is 0 Å². The lowest BCUT2D eigenvalue weighted by Crippen LogP contribution is -2.16. The van der Waals surface area contributed by atoms with E-state index in [-0.39, 0.29) is 6.04 Å². The summed E-state index contributed by atoms with van der Waals surface area (Å²) >= 11 is 1.90. The minimum atomic E-state index is 0.222. The number of rotatable bonds is 0. The highest BCUT2D eigenvalue weighted by Gasteiger charge is 2.27. The smallest absolute Gasteiger partial charge is 0.0427 e. The van der Waals surface area contributed by atoms with Crippen LogP contribution < -0.4 is 5.73 Å². The Labute approximate surface area is 83.7 Å². The Morgan fingerprint density at radius 3 is 2.54 bits per heavy atom. The second-order valence-corrected chi connectivity index (χ2v) is 5.24. The first-order valence-corrected chi connectivity index (χ1v) is 5.51. The summed E-state index contributed by atoms with van der Waals surface area (Å²) in [5.41, 5.74) is 10.1. The van der Waals surface area contributed by atoms with Crippen LogP contribution in [0.3, 0.4) is 0 Å². The Morgan fingerprint density at radius 1 is 1.23 bits per heavy atom. The zero-order valence-electron chi connectivity index (χ0n) is 8.29. The number of aryl methyl sites for hydroxylation is 2. The van der Waals surface area contributed by atoms with Crippen LogP contribution >= 0.6 is 11.8 Å². The van der Waals surface area contributed by atoms with Gasteiger partial charge in [0.2, 0.25) is 0 Å². The van der Waals surface area contributed by atoms with E-state index in [2.05, 4.69) is 32.9 Å². The van der Waals surface area contributed by atoms with Gasteiger partial charge in [-0.15, -0.1) is 11.8 Å². The molecule has 1 heterocycles. The van der Waals surface area contributed by atoms with E-state index < -0.39 is 0 Å². The van der Waals surface area contributed by atoms with Crippen molar-refractivity contribution in [2.75, 3.05) is 0 Å². The quantitative estimate of drug-likeness (QED) is 0.685. The molecule has 0 bridgehead atoms. The van der Waals surface area contributed by atoms with Gasteiger partial charge in [-0.2, -0.15) is 0 Å². The molecule has 1 aliphatic heterocycles. The van der Waals surface area contributed by atoms with Crippen LogP contribution in [0.15, 0.2) is 17.0 Å². The van der Waals surface area contributed by atoms with Crippen molar-refractivity contribution < 1.29 is 0 Å². The van der Waals surface area contributed by atoms with Crippen molar-refractivity contribution in [1.29, 1.82) is 0 Å². The van der Waals surface area contributed by atoms with Crippen LogP contribution in [0, 0.1) is 13.8 Å². The predicted octanol–water partition coefficient (Wildman–Crippen LogP) is 2.80. The molecule has 2 unspecified atom stereocenters. The molecular formula is C11H15NS. The normalized spacial score (nSPS) is 26.2. The fourth-order valence-corrected chi connectivity index (χ4v) is 2.97. The molecule has 0 fully saturated rings. The van der Waals surface area contributed by atoms with E-state index in [1.807, 2.05) is 11.8 Å². The third-order valence-corrected chi connectivity index (χ3v) is 4.08. The third-order valence-electron chi connectivity index (χ3n) is 2.80. The van der Waals surface area contributed by atoms with Crippen molar-refractivity contribution in [2.24, 2.45) is 5.73 Å². The van der Waals surface area contributed by atoms with Crippen LogP contribution in [0.2, 0.25) is 0 Å². The largest absolute Gasteiger partial charge is 0.323 e. The zero-order valence-corrected chi connectivity index (χ0v) is 9.11. The molecule has 0 aliphatic carbocycles. The van der Waals surface area contributed by atoms with E-state index in [0.717, 1.165) is 0 Å². The van der Waals surface area contributed by atoms with E-state index in [1.54, 1.807) is 0 Å². The van der Waals surface area contributed by atoms with Crippen molar-refractivity contribution in [3.63, 3.8) is 0 Å². The first-order valence-electron chi connectivity index (χ1n) is 4.63. The summed E-state index contributed by atoms with van der Waals surface area (Å²) in [7, 11) is 0. The van der Waals surface area contributed by atoms with Crippen LogP contribution in [0.5, 0.6) is 0 Å². The van der Waals surface area contributed by atoms with Crippen LogP contribution in [0.1, 0.15) is 29.7 Å². The van der Waals surface area contributed by atoms with Gasteiger partial charge >= 0.3 is 0 Å². The SMILES string of the molecule is Cc1cc2c(cc1C)C(N)C(C)S2. The van der Waals surface area contributed by atoms with Crippen molar-refractivity contribution in [2.45, 2.75) is 37.0 Å². The minimum absolute atomic E-state index is 0.222. The van der Waals surface area contributed by atoms with Gasteiger partial charge in [0, 0.05) is 16.2 Å². The van der Waals surface area contributed by atoms with E-state index in [1.165, 1.54) is 21.6 Å². The zero-order chi connectivity index (χ0) is 9.59. The number of fused-ring (bicyclic) bond motifs is 1. The maximum absolute atomic E-state index is 6.09.